The Hall–Kier alpha value is -4.14. The van der Waals surface area contributed by atoms with Gasteiger partial charge in [-0.3, -0.25) is 4.79 Å². The molecular weight excluding hydrogens is 452 g/mol. The van der Waals surface area contributed by atoms with Gasteiger partial charge in [0.05, 0.1) is 42.2 Å². The number of rotatable bonds is 5. The van der Waals surface area contributed by atoms with Crippen LogP contribution in [0.1, 0.15) is 15.9 Å². The van der Waals surface area contributed by atoms with Gasteiger partial charge in [-0.25, -0.2) is 9.37 Å². The molecule has 4 aromatic rings. The maximum Gasteiger partial charge on any atom is 0.416 e. The van der Waals surface area contributed by atoms with Gasteiger partial charge in [0.2, 0.25) is 0 Å². The second-order valence-corrected chi connectivity index (χ2v) is 7.28. The summed E-state index contributed by atoms with van der Waals surface area (Å²) in [5.74, 6) is -0.781. The van der Waals surface area contributed by atoms with E-state index in [1.54, 1.807) is 42.5 Å². The molecule has 0 radical (unpaired) electrons. The molecule has 1 heterocycles. The first-order chi connectivity index (χ1) is 16.2. The van der Waals surface area contributed by atoms with E-state index in [2.05, 4.69) is 10.3 Å². The smallest absolute Gasteiger partial charge is 0.416 e. The van der Waals surface area contributed by atoms with Crippen LogP contribution < -0.4 is 14.8 Å². The number of anilines is 1. The highest BCUT2D eigenvalue weighted by Gasteiger charge is 2.31. The number of alkyl halides is 3. The summed E-state index contributed by atoms with van der Waals surface area (Å²) >= 11 is 0. The first-order valence-electron chi connectivity index (χ1n) is 10.0. The van der Waals surface area contributed by atoms with Crippen LogP contribution in [-0.4, -0.2) is 25.1 Å². The van der Waals surface area contributed by atoms with Crippen molar-refractivity contribution in [2.24, 2.45) is 0 Å². The molecule has 4 rings (SSSR count). The molecule has 9 heteroatoms. The number of fused-ring (bicyclic) bond motifs is 1. The largest absolute Gasteiger partial charge is 0.497 e. The fourth-order valence-electron chi connectivity index (χ4n) is 3.50. The van der Waals surface area contributed by atoms with E-state index >= 15 is 0 Å². The summed E-state index contributed by atoms with van der Waals surface area (Å²) in [6.07, 6.45) is -4.69. The lowest BCUT2D eigenvalue weighted by Gasteiger charge is -2.14. The second-order valence-electron chi connectivity index (χ2n) is 7.28. The molecule has 0 fully saturated rings. The molecule has 0 bridgehead atoms. The van der Waals surface area contributed by atoms with E-state index in [1.165, 1.54) is 20.3 Å². The molecule has 3 aromatic carbocycles. The van der Waals surface area contributed by atoms with E-state index in [0.717, 1.165) is 0 Å². The number of pyridine rings is 1. The Bertz CT molecular complexity index is 1390. The first-order valence-corrected chi connectivity index (χ1v) is 10.0. The summed E-state index contributed by atoms with van der Waals surface area (Å²) in [6, 6.07) is 15.1. The number of carbonyl (C=O) groups is 1. The molecule has 0 atom stereocenters. The van der Waals surface area contributed by atoms with Gasteiger partial charge in [0.25, 0.3) is 5.91 Å². The Labute approximate surface area is 192 Å². The lowest BCUT2D eigenvalue weighted by Crippen LogP contribution is -2.15. The summed E-state index contributed by atoms with van der Waals surface area (Å²) in [4.78, 5) is 17.8. The quantitative estimate of drug-likeness (QED) is 0.347. The topological polar surface area (TPSA) is 60.5 Å². The Morgan fingerprint density at radius 2 is 1.71 bits per heavy atom. The van der Waals surface area contributed by atoms with Crippen molar-refractivity contribution < 1.29 is 31.8 Å². The van der Waals surface area contributed by atoms with Crippen LogP contribution in [0.5, 0.6) is 11.5 Å². The number of carbonyl (C=O) groups excluding carboxylic acids is 1. The maximum absolute atomic E-state index is 14.2. The molecule has 0 unspecified atom stereocenters. The number of hydrogen-bond acceptors (Lipinski definition) is 4. The van der Waals surface area contributed by atoms with Gasteiger partial charge in [0.15, 0.2) is 0 Å². The van der Waals surface area contributed by atoms with Crippen LogP contribution >= 0.6 is 0 Å². The molecular formula is C25H18F4N2O3. The molecule has 0 saturated heterocycles. The zero-order valence-electron chi connectivity index (χ0n) is 18.0. The molecule has 0 saturated carbocycles. The van der Waals surface area contributed by atoms with Crippen molar-refractivity contribution in [2.45, 2.75) is 6.18 Å². The predicted octanol–water partition coefficient (Wildman–Crippen LogP) is 6.33. The van der Waals surface area contributed by atoms with E-state index < -0.39 is 29.2 Å². The standard InChI is InChI=1S/C25H18F4N2O3/c1-33-15-8-10-23(34-2)18(12-15)21-13-17(16-5-3-4-6-20(16)30-21)24(32)31-22-11-14(25(27,28)29)7-9-19(22)26/h3-13H,1-2H3,(H,31,32). The van der Waals surface area contributed by atoms with Crippen LogP contribution in [0.2, 0.25) is 0 Å². The summed E-state index contributed by atoms with van der Waals surface area (Å²) in [5, 5.41) is 2.71. The van der Waals surface area contributed by atoms with Crippen LogP contribution in [0.3, 0.4) is 0 Å². The summed E-state index contributed by atoms with van der Waals surface area (Å²) in [6.45, 7) is 0. The van der Waals surface area contributed by atoms with Crippen molar-refractivity contribution >= 4 is 22.5 Å². The molecule has 1 aromatic heterocycles. The molecule has 34 heavy (non-hydrogen) atoms. The van der Waals surface area contributed by atoms with Gasteiger partial charge < -0.3 is 14.8 Å². The summed E-state index contributed by atoms with van der Waals surface area (Å²) < 4.78 is 64.2. The Kier molecular flexibility index (Phi) is 6.10. The van der Waals surface area contributed by atoms with E-state index in [4.69, 9.17) is 9.47 Å². The summed E-state index contributed by atoms with van der Waals surface area (Å²) in [5.41, 5.74) is -0.204. The number of benzene rings is 3. The van der Waals surface area contributed by atoms with Crippen molar-refractivity contribution in [1.29, 1.82) is 0 Å². The average molecular weight is 470 g/mol. The van der Waals surface area contributed by atoms with Crippen LogP contribution in [0.15, 0.2) is 66.7 Å². The third-order valence-corrected chi connectivity index (χ3v) is 5.19. The van der Waals surface area contributed by atoms with Crippen molar-refractivity contribution in [3.63, 3.8) is 0 Å². The van der Waals surface area contributed by atoms with Gasteiger partial charge in [-0.1, -0.05) is 18.2 Å². The number of amides is 1. The van der Waals surface area contributed by atoms with Crippen molar-refractivity contribution in [2.75, 3.05) is 19.5 Å². The number of hydrogen-bond donors (Lipinski definition) is 1. The molecule has 0 aliphatic rings. The number of ether oxygens (including phenoxy) is 2. The highest BCUT2D eigenvalue weighted by molar-refractivity contribution is 6.13. The van der Waals surface area contributed by atoms with Gasteiger partial charge in [0.1, 0.15) is 17.3 Å². The second kappa shape index (κ2) is 9.01. The molecule has 5 nitrogen and oxygen atoms in total. The van der Waals surface area contributed by atoms with Gasteiger partial charge in [-0.15, -0.1) is 0 Å². The number of methoxy groups -OCH3 is 2. The molecule has 1 N–H and O–H groups in total. The number of halogens is 4. The van der Waals surface area contributed by atoms with Gasteiger partial charge in [-0.2, -0.15) is 13.2 Å². The average Bonchev–Trinajstić information content (AvgIpc) is 2.83. The normalized spacial score (nSPS) is 11.4. The predicted molar refractivity (Wildman–Crippen MR) is 120 cm³/mol. The Balaban J connectivity index is 1.83. The fourth-order valence-corrected chi connectivity index (χ4v) is 3.50. The minimum Gasteiger partial charge on any atom is -0.497 e. The molecule has 0 spiro atoms. The maximum atomic E-state index is 14.2. The number of para-hydroxylation sites is 1. The minimum absolute atomic E-state index is 0.0993. The van der Waals surface area contributed by atoms with Crippen LogP contribution in [0.25, 0.3) is 22.2 Å². The van der Waals surface area contributed by atoms with E-state index in [-0.39, 0.29) is 5.56 Å². The van der Waals surface area contributed by atoms with E-state index in [0.29, 0.717) is 51.9 Å². The fraction of sp³-hybridized carbons (Fsp3) is 0.120. The lowest BCUT2D eigenvalue weighted by atomic mass is 10.0. The Morgan fingerprint density at radius 1 is 0.941 bits per heavy atom. The first kappa shape index (κ1) is 23.0. The van der Waals surface area contributed by atoms with Crippen LogP contribution in [-0.2, 0) is 6.18 Å². The number of aromatic nitrogens is 1. The molecule has 0 aliphatic carbocycles. The van der Waals surface area contributed by atoms with E-state index in [9.17, 15) is 22.4 Å². The molecule has 0 aliphatic heterocycles. The SMILES string of the molecule is COc1ccc(OC)c(-c2cc(C(=O)Nc3cc(C(F)(F)F)ccc3F)c3ccccc3n2)c1. The van der Waals surface area contributed by atoms with Gasteiger partial charge >= 0.3 is 6.18 Å². The van der Waals surface area contributed by atoms with Crippen LogP contribution in [0, 0.1) is 5.82 Å². The summed E-state index contributed by atoms with van der Waals surface area (Å²) in [7, 11) is 2.98. The van der Waals surface area contributed by atoms with Gasteiger partial charge in [-0.05, 0) is 48.5 Å². The monoisotopic (exact) mass is 470 g/mol. The Morgan fingerprint density at radius 3 is 2.41 bits per heavy atom. The minimum atomic E-state index is -4.69. The zero-order chi connectivity index (χ0) is 24.5. The van der Waals surface area contributed by atoms with Crippen molar-refractivity contribution in [3.8, 4) is 22.8 Å². The van der Waals surface area contributed by atoms with Crippen molar-refractivity contribution in [3.05, 3.63) is 83.7 Å². The molecule has 1 amide bonds. The highest BCUT2D eigenvalue weighted by Crippen LogP contribution is 2.35. The van der Waals surface area contributed by atoms with Crippen molar-refractivity contribution in [1.82, 2.24) is 4.98 Å². The number of nitrogens with one attached hydrogen (secondary N) is 1. The lowest BCUT2D eigenvalue weighted by molar-refractivity contribution is -0.137. The highest BCUT2D eigenvalue weighted by atomic mass is 19.4. The van der Waals surface area contributed by atoms with Gasteiger partial charge in [0, 0.05) is 10.9 Å². The van der Waals surface area contributed by atoms with Crippen LogP contribution in [0.4, 0.5) is 23.2 Å². The molecule has 174 valence electrons. The third kappa shape index (κ3) is 4.50. The van der Waals surface area contributed by atoms with E-state index in [1.807, 2.05) is 0 Å². The third-order valence-electron chi connectivity index (χ3n) is 5.19. The zero-order valence-corrected chi connectivity index (χ0v) is 18.0. The number of nitrogens with zero attached hydrogens (tertiary/aromatic N) is 1.